The summed E-state index contributed by atoms with van der Waals surface area (Å²) in [6.45, 7) is 4.07. The zero-order valence-electron chi connectivity index (χ0n) is 20.3. The van der Waals surface area contributed by atoms with E-state index < -0.39 is 28.7 Å². The van der Waals surface area contributed by atoms with E-state index in [1.165, 1.54) is 27.8 Å². The molecule has 1 amide bonds. The lowest BCUT2D eigenvalue weighted by Gasteiger charge is -2.50. The fraction of sp³-hybridized carbons (Fsp3) is 0.481. The predicted octanol–water partition coefficient (Wildman–Crippen LogP) is 4.57. The van der Waals surface area contributed by atoms with Crippen molar-refractivity contribution in [3.63, 3.8) is 0 Å². The number of amides is 1. The number of nitrogens with zero attached hydrogens (tertiary/aromatic N) is 3. The van der Waals surface area contributed by atoms with E-state index in [9.17, 15) is 19.4 Å². The molecule has 1 saturated heterocycles. The summed E-state index contributed by atoms with van der Waals surface area (Å²) in [5.74, 6) is -1.51. The molecule has 1 aromatic carbocycles. The molecule has 2 aromatic heterocycles. The van der Waals surface area contributed by atoms with Crippen LogP contribution in [0.1, 0.15) is 61.0 Å². The van der Waals surface area contributed by atoms with Gasteiger partial charge in [-0.3, -0.25) is 4.79 Å². The summed E-state index contributed by atoms with van der Waals surface area (Å²) in [7, 11) is 0. The number of imidazole rings is 1. The minimum absolute atomic E-state index is 0.0739. The molecular formula is C27H30F2IN3O3. The van der Waals surface area contributed by atoms with Gasteiger partial charge < -0.3 is 19.5 Å². The van der Waals surface area contributed by atoms with E-state index in [1.54, 1.807) is 18.3 Å². The maximum absolute atomic E-state index is 15.5. The molecule has 5 rings (SSSR count). The lowest BCUT2D eigenvalue weighted by Crippen LogP contribution is -2.66. The molecule has 2 fully saturated rings. The summed E-state index contributed by atoms with van der Waals surface area (Å²) < 4.78 is 32.3. The first-order valence-electron chi connectivity index (χ1n) is 12.3. The topological polar surface area (TPSA) is 78.1 Å². The lowest BCUT2D eigenvalue weighted by molar-refractivity contribution is -0.125. The van der Waals surface area contributed by atoms with Crippen LogP contribution in [0.25, 0.3) is 5.65 Å². The smallest absolute Gasteiger partial charge is 0.255 e. The number of likely N-dealkylation sites (tertiary alicyclic amines) is 1. The molecular weight excluding hydrogens is 579 g/mol. The Bertz CT molecular complexity index is 1320. The van der Waals surface area contributed by atoms with Crippen molar-refractivity contribution in [1.82, 2.24) is 14.3 Å². The number of β-amino-alcohol motifs (C(OH)–C–C–N with tert-alkyl or cyclic N) is 1. The van der Waals surface area contributed by atoms with Gasteiger partial charge in [0, 0.05) is 34.1 Å². The van der Waals surface area contributed by atoms with E-state index in [1.807, 2.05) is 36.4 Å². The molecule has 3 aromatic rings. The largest absolute Gasteiger partial charge is 0.390 e. The summed E-state index contributed by atoms with van der Waals surface area (Å²) in [5, 5.41) is 21.8. The Labute approximate surface area is 222 Å². The van der Waals surface area contributed by atoms with Crippen LogP contribution in [0.2, 0.25) is 0 Å². The summed E-state index contributed by atoms with van der Waals surface area (Å²) in [5.41, 5.74) is -1.20. The van der Waals surface area contributed by atoms with Gasteiger partial charge in [0.2, 0.25) is 0 Å². The molecule has 1 aliphatic heterocycles. The Kier molecular flexibility index (Phi) is 6.61. The van der Waals surface area contributed by atoms with Crippen LogP contribution in [-0.4, -0.2) is 54.7 Å². The standard InChI is InChI=1S/C27H30F2IN3O3/c1-16(10-18-4-3-7-26(18,2)35)27(36)14-33(15-27)25(34)21-13-32-9-8-31-24(32)23(29)20(21)11-17-5-6-19(30)12-22(17)28/h5-6,8-9,12-13,16,18,35-36H,3-4,7,10-11,14-15H2,1-2H3/t16-,18?,26?/m1/s1. The van der Waals surface area contributed by atoms with E-state index in [4.69, 9.17) is 0 Å². The molecule has 1 aliphatic carbocycles. The van der Waals surface area contributed by atoms with Gasteiger partial charge in [-0.05, 0) is 78.3 Å². The Morgan fingerprint density at radius 2 is 2.06 bits per heavy atom. The highest BCUT2D eigenvalue weighted by Crippen LogP contribution is 2.43. The second-order valence-electron chi connectivity index (χ2n) is 10.8. The van der Waals surface area contributed by atoms with E-state index in [0.29, 0.717) is 6.42 Å². The number of carbonyl (C=O) groups is 1. The van der Waals surface area contributed by atoms with Crippen LogP contribution in [0.4, 0.5) is 8.78 Å². The van der Waals surface area contributed by atoms with Crippen LogP contribution < -0.4 is 0 Å². The summed E-state index contributed by atoms with van der Waals surface area (Å²) >= 11 is 2.01. The molecule has 0 spiro atoms. The first-order valence-corrected chi connectivity index (χ1v) is 13.4. The van der Waals surface area contributed by atoms with E-state index >= 15 is 4.39 Å². The van der Waals surface area contributed by atoms with Crippen LogP contribution >= 0.6 is 22.6 Å². The van der Waals surface area contributed by atoms with Crippen molar-refractivity contribution >= 4 is 34.1 Å². The van der Waals surface area contributed by atoms with Crippen LogP contribution in [0.3, 0.4) is 0 Å². The number of aliphatic hydroxyl groups is 2. The quantitative estimate of drug-likeness (QED) is 0.402. The van der Waals surface area contributed by atoms with Crippen molar-refractivity contribution in [2.45, 2.75) is 57.2 Å². The number of hydrogen-bond donors (Lipinski definition) is 2. The Morgan fingerprint density at radius 3 is 2.72 bits per heavy atom. The van der Waals surface area contributed by atoms with Crippen LogP contribution in [-0.2, 0) is 6.42 Å². The predicted molar refractivity (Wildman–Crippen MR) is 140 cm³/mol. The summed E-state index contributed by atoms with van der Waals surface area (Å²) in [4.78, 5) is 19.1. The fourth-order valence-corrected chi connectivity index (χ4v) is 6.20. The van der Waals surface area contributed by atoms with Crippen molar-refractivity contribution in [3.05, 3.63) is 68.7 Å². The van der Waals surface area contributed by atoms with Gasteiger partial charge >= 0.3 is 0 Å². The van der Waals surface area contributed by atoms with Gasteiger partial charge in [-0.2, -0.15) is 0 Å². The molecule has 2 aliphatic rings. The molecule has 0 radical (unpaired) electrons. The highest BCUT2D eigenvalue weighted by molar-refractivity contribution is 14.1. The van der Waals surface area contributed by atoms with E-state index in [2.05, 4.69) is 4.98 Å². The third-order valence-corrected chi connectivity index (χ3v) is 8.89. The monoisotopic (exact) mass is 609 g/mol. The number of hydrogen-bond acceptors (Lipinski definition) is 4. The Hall–Kier alpha value is -2.11. The second kappa shape index (κ2) is 9.33. The SMILES string of the molecule is C[C@H](CC1CCCC1(C)O)C1(O)CN(C(=O)c2cn3ccnc3c(F)c2Cc2ccc(I)cc2F)C1. The maximum atomic E-state index is 15.5. The van der Waals surface area contributed by atoms with Crippen molar-refractivity contribution in [2.24, 2.45) is 11.8 Å². The van der Waals surface area contributed by atoms with Crippen LogP contribution in [0.15, 0.2) is 36.8 Å². The van der Waals surface area contributed by atoms with Gasteiger partial charge in [-0.15, -0.1) is 0 Å². The molecule has 36 heavy (non-hydrogen) atoms. The molecule has 2 N–H and O–H groups in total. The van der Waals surface area contributed by atoms with Gasteiger partial charge in [-0.1, -0.05) is 19.4 Å². The number of pyridine rings is 1. The minimum Gasteiger partial charge on any atom is -0.390 e. The van der Waals surface area contributed by atoms with Crippen molar-refractivity contribution in [2.75, 3.05) is 13.1 Å². The maximum Gasteiger partial charge on any atom is 0.255 e. The third kappa shape index (κ3) is 4.54. The Balaban J connectivity index is 1.38. The average Bonchev–Trinajstić information content (AvgIpc) is 3.40. The first-order chi connectivity index (χ1) is 17.0. The Morgan fingerprint density at radius 1 is 1.31 bits per heavy atom. The first kappa shape index (κ1) is 25.5. The fourth-order valence-electron chi connectivity index (χ4n) is 5.75. The summed E-state index contributed by atoms with van der Waals surface area (Å²) in [6, 6.07) is 4.72. The molecule has 9 heteroatoms. The normalized spacial score (nSPS) is 24.2. The second-order valence-corrected chi connectivity index (χ2v) is 12.0. The van der Waals surface area contributed by atoms with Crippen molar-refractivity contribution in [3.8, 4) is 0 Å². The van der Waals surface area contributed by atoms with E-state index in [-0.39, 0.29) is 53.7 Å². The lowest BCUT2D eigenvalue weighted by atomic mass is 9.74. The molecule has 1 saturated carbocycles. The average molecular weight is 609 g/mol. The van der Waals surface area contributed by atoms with Gasteiger partial charge in [0.15, 0.2) is 11.5 Å². The number of halogens is 3. The highest BCUT2D eigenvalue weighted by atomic mass is 127. The zero-order chi connectivity index (χ0) is 25.8. The van der Waals surface area contributed by atoms with Crippen LogP contribution in [0, 0.1) is 27.0 Å². The van der Waals surface area contributed by atoms with Crippen LogP contribution in [0.5, 0.6) is 0 Å². The number of carbonyl (C=O) groups excluding carboxylic acids is 1. The third-order valence-electron chi connectivity index (χ3n) is 8.22. The minimum atomic E-state index is -1.06. The number of fused-ring (bicyclic) bond motifs is 1. The molecule has 3 heterocycles. The molecule has 192 valence electrons. The molecule has 0 bridgehead atoms. The van der Waals surface area contributed by atoms with Crippen molar-refractivity contribution < 1.29 is 23.8 Å². The summed E-state index contributed by atoms with van der Waals surface area (Å²) in [6.07, 6.45) is 7.79. The van der Waals surface area contributed by atoms with Crippen molar-refractivity contribution in [1.29, 1.82) is 0 Å². The van der Waals surface area contributed by atoms with Gasteiger partial charge in [0.25, 0.3) is 5.91 Å². The van der Waals surface area contributed by atoms with Gasteiger partial charge in [-0.25, -0.2) is 13.8 Å². The zero-order valence-corrected chi connectivity index (χ0v) is 22.5. The van der Waals surface area contributed by atoms with Gasteiger partial charge in [0.05, 0.1) is 24.3 Å². The molecule has 3 atom stereocenters. The van der Waals surface area contributed by atoms with Gasteiger partial charge in [0.1, 0.15) is 11.4 Å². The number of rotatable bonds is 6. The number of aromatic nitrogens is 2. The number of benzene rings is 1. The molecule has 6 nitrogen and oxygen atoms in total. The van der Waals surface area contributed by atoms with E-state index in [0.717, 1.165) is 22.8 Å². The molecule has 2 unspecified atom stereocenters. The highest BCUT2D eigenvalue weighted by Gasteiger charge is 2.50.